The van der Waals surface area contributed by atoms with Gasteiger partial charge in [-0.3, -0.25) is 0 Å². The van der Waals surface area contributed by atoms with Gasteiger partial charge in [-0.15, -0.1) is 0 Å². The SMILES string of the molecule is CCCCCC1C(F)=CC=C(F)C1C. The van der Waals surface area contributed by atoms with E-state index in [4.69, 9.17) is 0 Å². The lowest BCUT2D eigenvalue weighted by atomic mass is 9.84. The molecule has 14 heavy (non-hydrogen) atoms. The van der Waals surface area contributed by atoms with Gasteiger partial charge in [-0.05, 0) is 18.6 Å². The summed E-state index contributed by atoms with van der Waals surface area (Å²) in [6.07, 6.45) is 6.48. The van der Waals surface area contributed by atoms with Gasteiger partial charge in [-0.2, -0.15) is 0 Å². The van der Waals surface area contributed by atoms with E-state index in [1.165, 1.54) is 12.2 Å². The standard InChI is InChI=1S/C12H18F2/c1-3-4-5-6-10-9(2)11(13)7-8-12(10)14/h7-10H,3-6H2,1-2H3. The molecule has 0 radical (unpaired) electrons. The predicted octanol–water partition coefficient (Wildman–Crippen LogP) is 4.54. The maximum atomic E-state index is 13.3. The molecule has 2 heteroatoms. The highest BCUT2D eigenvalue weighted by atomic mass is 19.1. The molecule has 0 N–H and O–H groups in total. The van der Waals surface area contributed by atoms with E-state index >= 15 is 0 Å². The maximum Gasteiger partial charge on any atom is 0.104 e. The van der Waals surface area contributed by atoms with Crippen LogP contribution >= 0.6 is 0 Å². The molecule has 0 fully saturated rings. The van der Waals surface area contributed by atoms with Crippen LogP contribution in [0.4, 0.5) is 8.78 Å². The Bertz CT molecular complexity index is 241. The van der Waals surface area contributed by atoms with Gasteiger partial charge in [0, 0.05) is 11.8 Å². The van der Waals surface area contributed by atoms with Crippen LogP contribution in [-0.4, -0.2) is 0 Å². The van der Waals surface area contributed by atoms with Crippen LogP contribution in [0.25, 0.3) is 0 Å². The van der Waals surface area contributed by atoms with Crippen LogP contribution in [0.1, 0.15) is 39.5 Å². The summed E-state index contributed by atoms with van der Waals surface area (Å²) < 4.78 is 26.5. The van der Waals surface area contributed by atoms with Crippen molar-refractivity contribution in [3.05, 3.63) is 23.8 Å². The van der Waals surface area contributed by atoms with Crippen LogP contribution in [0.5, 0.6) is 0 Å². The highest BCUT2D eigenvalue weighted by Gasteiger charge is 2.27. The van der Waals surface area contributed by atoms with E-state index in [0.29, 0.717) is 0 Å². The first kappa shape index (κ1) is 11.4. The Morgan fingerprint density at radius 3 is 2.43 bits per heavy atom. The summed E-state index contributed by atoms with van der Waals surface area (Å²) in [5, 5.41) is 0. The van der Waals surface area contributed by atoms with Gasteiger partial charge in [0.15, 0.2) is 0 Å². The Kier molecular flexibility index (Phi) is 4.30. The molecule has 2 unspecified atom stereocenters. The summed E-state index contributed by atoms with van der Waals surface area (Å²) in [6.45, 7) is 3.87. The average Bonchev–Trinajstić information content (AvgIpc) is 2.18. The third-order valence-electron chi connectivity index (χ3n) is 2.91. The van der Waals surface area contributed by atoms with Crippen LogP contribution in [0.15, 0.2) is 23.8 Å². The first-order valence-electron chi connectivity index (χ1n) is 5.39. The van der Waals surface area contributed by atoms with E-state index in [-0.39, 0.29) is 23.5 Å². The number of hydrogen-bond acceptors (Lipinski definition) is 0. The number of hydrogen-bond donors (Lipinski definition) is 0. The van der Waals surface area contributed by atoms with Crippen molar-refractivity contribution in [3.63, 3.8) is 0 Å². The van der Waals surface area contributed by atoms with E-state index in [0.717, 1.165) is 25.7 Å². The molecule has 0 heterocycles. The fraction of sp³-hybridized carbons (Fsp3) is 0.667. The molecule has 0 amide bonds. The Balaban J connectivity index is 2.51. The predicted molar refractivity (Wildman–Crippen MR) is 55.2 cm³/mol. The molecular weight excluding hydrogens is 182 g/mol. The minimum absolute atomic E-state index is 0.157. The molecule has 0 nitrogen and oxygen atoms in total. The third kappa shape index (κ3) is 2.66. The summed E-state index contributed by atoms with van der Waals surface area (Å²) in [5.74, 6) is -0.855. The monoisotopic (exact) mass is 200 g/mol. The topological polar surface area (TPSA) is 0 Å². The number of halogens is 2. The molecule has 1 aliphatic rings. The Hall–Kier alpha value is -0.660. The molecule has 0 saturated carbocycles. The van der Waals surface area contributed by atoms with E-state index in [2.05, 4.69) is 6.92 Å². The molecule has 0 aliphatic heterocycles. The van der Waals surface area contributed by atoms with E-state index in [9.17, 15) is 8.78 Å². The Morgan fingerprint density at radius 1 is 1.14 bits per heavy atom. The first-order valence-corrected chi connectivity index (χ1v) is 5.39. The van der Waals surface area contributed by atoms with Gasteiger partial charge in [0.25, 0.3) is 0 Å². The van der Waals surface area contributed by atoms with Crippen LogP contribution in [0.3, 0.4) is 0 Å². The van der Waals surface area contributed by atoms with Crippen molar-refractivity contribution in [1.29, 1.82) is 0 Å². The van der Waals surface area contributed by atoms with Gasteiger partial charge in [0.05, 0.1) is 0 Å². The Morgan fingerprint density at radius 2 is 1.79 bits per heavy atom. The van der Waals surface area contributed by atoms with Crippen LogP contribution < -0.4 is 0 Å². The summed E-state index contributed by atoms with van der Waals surface area (Å²) in [5.41, 5.74) is 0. The van der Waals surface area contributed by atoms with Crippen LogP contribution in [-0.2, 0) is 0 Å². The van der Waals surface area contributed by atoms with Crippen LogP contribution in [0.2, 0.25) is 0 Å². The molecule has 0 aromatic rings. The fourth-order valence-corrected chi connectivity index (χ4v) is 1.87. The summed E-state index contributed by atoms with van der Waals surface area (Å²) in [4.78, 5) is 0. The fourth-order valence-electron chi connectivity index (χ4n) is 1.87. The van der Waals surface area contributed by atoms with Gasteiger partial charge in [-0.25, -0.2) is 8.78 Å². The molecular formula is C12H18F2. The second-order valence-electron chi connectivity index (χ2n) is 3.99. The molecule has 1 aliphatic carbocycles. The minimum atomic E-state index is -0.281. The molecule has 2 atom stereocenters. The van der Waals surface area contributed by atoms with Crippen molar-refractivity contribution in [2.24, 2.45) is 11.8 Å². The van der Waals surface area contributed by atoms with E-state index < -0.39 is 0 Å². The summed E-state index contributed by atoms with van der Waals surface area (Å²) in [7, 11) is 0. The number of rotatable bonds is 4. The van der Waals surface area contributed by atoms with Crippen molar-refractivity contribution in [2.45, 2.75) is 39.5 Å². The minimum Gasteiger partial charge on any atom is -0.212 e. The van der Waals surface area contributed by atoms with E-state index in [1.807, 2.05) is 0 Å². The van der Waals surface area contributed by atoms with Gasteiger partial charge in [0.1, 0.15) is 11.7 Å². The Labute approximate surface area is 84.7 Å². The average molecular weight is 200 g/mol. The zero-order valence-electron chi connectivity index (χ0n) is 8.89. The first-order chi connectivity index (χ1) is 6.66. The van der Waals surface area contributed by atoms with Gasteiger partial charge >= 0.3 is 0 Å². The molecule has 1 rings (SSSR count). The lowest BCUT2D eigenvalue weighted by molar-refractivity contribution is 0.307. The summed E-state index contributed by atoms with van der Waals surface area (Å²) in [6, 6.07) is 0. The zero-order chi connectivity index (χ0) is 10.6. The van der Waals surface area contributed by atoms with Crippen molar-refractivity contribution in [1.82, 2.24) is 0 Å². The molecule has 0 aromatic carbocycles. The zero-order valence-corrected chi connectivity index (χ0v) is 8.89. The van der Waals surface area contributed by atoms with Crippen molar-refractivity contribution in [3.8, 4) is 0 Å². The van der Waals surface area contributed by atoms with Crippen molar-refractivity contribution in [2.75, 3.05) is 0 Å². The lowest BCUT2D eigenvalue weighted by Crippen LogP contribution is -2.16. The highest BCUT2D eigenvalue weighted by molar-refractivity contribution is 5.21. The second kappa shape index (κ2) is 5.28. The molecule has 0 spiro atoms. The largest absolute Gasteiger partial charge is 0.212 e. The van der Waals surface area contributed by atoms with Gasteiger partial charge in [-0.1, -0.05) is 33.1 Å². The van der Waals surface area contributed by atoms with Crippen molar-refractivity contribution >= 4 is 0 Å². The molecule has 0 bridgehead atoms. The van der Waals surface area contributed by atoms with Gasteiger partial charge in [0.2, 0.25) is 0 Å². The molecule has 0 saturated heterocycles. The summed E-state index contributed by atoms with van der Waals surface area (Å²) >= 11 is 0. The third-order valence-corrected chi connectivity index (χ3v) is 2.91. The van der Waals surface area contributed by atoms with Crippen molar-refractivity contribution < 1.29 is 8.78 Å². The van der Waals surface area contributed by atoms with Gasteiger partial charge < -0.3 is 0 Å². The second-order valence-corrected chi connectivity index (χ2v) is 3.99. The highest BCUT2D eigenvalue weighted by Crippen LogP contribution is 2.35. The normalized spacial score (nSPS) is 27.1. The molecule has 80 valence electrons. The number of allylic oxidation sites excluding steroid dienone is 4. The smallest absolute Gasteiger partial charge is 0.104 e. The van der Waals surface area contributed by atoms with E-state index in [1.54, 1.807) is 6.92 Å². The lowest BCUT2D eigenvalue weighted by Gasteiger charge is -2.23. The van der Waals surface area contributed by atoms with Crippen LogP contribution in [0, 0.1) is 11.8 Å². The maximum absolute atomic E-state index is 13.3. The quantitative estimate of drug-likeness (QED) is 0.584. The number of unbranched alkanes of at least 4 members (excludes halogenated alkanes) is 2. The molecule has 0 aromatic heterocycles.